The van der Waals surface area contributed by atoms with E-state index in [4.69, 9.17) is 10.5 Å². The van der Waals surface area contributed by atoms with Gasteiger partial charge in [0, 0.05) is 23.9 Å². The highest BCUT2D eigenvalue weighted by Crippen LogP contribution is 2.34. The van der Waals surface area contributed by atoms with Crippen LogP contribution >= 0.6 is 11.8 Å². The number of carbonyl (C=O) groups excluding carboxylic acids is 3. The number of nitrogens with zero attached hydrogens (tertiary/aromatic N) is 1. The highest BCUT2D eigenvalue weighted by molar-refractivity contribution is 8.01. The van der Waals surface area contributed by atoms with E-state index in [1.807, 2.05) is 13.8 Å². The van der Waals surface area contributed by atoms with E-state index in [1.165, 1.54) is 0 Å². The molecule has 1 saturated heterocycles. The number of amides is 3. The molecule has 0 radical (unpaired) electrons. The highest BCUT2D eigenvalue weighted by atomic mass is 32.2. The lowest BCUT2D eigenvalue weighted by atomic mass is 9.86. The number of unbranched alkanes of at least 4 members (excludes halogenated alkanes) is 2. The Morgan fingerprint density at radius 3 is 2.43 bits per heavy atom. The van der Waals surface area contributed by atoms with Gasteiger partial charge in [0.1, 0.15) is 12.1 Å². The van der Waals surface area contributed by atoms with Crippen LogP contribution in [-0.2, 0) is 14.3 Å². The number of carbonyl (C=O) groups is 3. The largest absolute Gasteiger partial charge is 0.450 e. The molecule has 202 valence electrons. The molecule has 0 aromatic heterocycles. The number of hydrogen-bond acceptors (Lipinski definition) is 6. The van der Waals surface area contributed by atoms with E-state index >= 15 is 0 Å². The second kappa shape index (κ2) is 14.3. The standard InChI is InChI=1S/C26H48N4O4S/c1-6-7-8-16-34-25(33)29-22(26(4,5)35-18(2)3)24(32)30-15-9-10-21(30)23(31)28-17-19-11-13-20(27)14-12-19/h18-22H,6-17,27H2,1-5H3,(H,28,31)(H,29,33)/t19?,20?,21-,22-/m0/s1. The maximum Gasteiger partial charge on any atom is 0.407 e. The Morgan fingerprint density at radius 2 is 1.80 bits per heavy atom. The van der Waals surface area contributed by atoms with Crippen molar-refractivity contribution in [2.24, 2.45) is 11.7 Å². The molecule has 1 saturated carbocycles. The third kappa shape index (κ3) is 9.48. The van der Waals surface area contributed by atoms with Crippen LogP contribution in [0.4, 0.5) is 4.79 Å². The summed E-state index contributed by atoms with van der Waals surface area (Å²) in [6.45, 7) is 11.6. The van der Waals surface area contributed by atoms with Gasteiger partial charge in [-0.05, 0) is 70.0 Å². The van der Waals surface area contributed by atoms with Crippen LogP contribution in [0.3, 0.4) is 0 Å². The third-order valence-corrected chi connectivity index (χ3v) is 8.33. The first-order chi connectivity index (χ1) is 16.5. The summed E-state index contributed by atoms with van der Waals surface area (Å²) in [5, 5.41) is 6.21. The quantitative estimate of drug-likeness (QED) is 0.343. The molecule has 1 aliphatic heterocycles. The number of rotatable bonds is 12. The minimum Gasteiger partial charge on any atom is -0.450 e. The zero-order valence-corrected chi connectivity index (χ0v) is 23.3. The van der Waals surface area contributed by atoms with E-state index in [0.717, 1.165) is 51.4 Å². The highest BCUT2D eigenvalue weighted by Gasteiger charge is 2.44. The second-order valence-corrected chi connectivity index (χ2v) is 13.1. The normalized spacial score (nSPS) is 23.7. The summed E-state index contributed by atoms with van der Waals surface area (Å²) in [5.41, 5.74) is 6.00. The minimum atomic E-state index is -0.790. The van der Waals surface area contributed by atoms with Crippen molar-refractivity contribution in [1.29, 1.82) is 0 Å². The predicted octanol–water partition coefficient (Wildman–Crippen LogP) is 3.82. The van der Waals surface area contributed by atoms with Gasteiger partial charge >= 0.3 is 6.09 Å². The van der Waals surface area contributed by atoms with Gasteiger partial charge in [-0.3, -0.25) is 9.59 Å². The molecular formula is C26H48N4O4S. The lowest BCUT2D eigenvalue weighted by molar-refractivity contribution is -0.140. The van der Waals surface area contributed by atoms with Crippen LogP contribution in [-0.4, -0.2) is 70.6 Å². The molecule has 4 N–H and O–H groups in total. The summed E-state index contributed by atoms with van der Waals surface area (Å²) in [6.07, 6.45) is 7.72. The summed E-state index contributed by atoms with van der Waals surface area (Å²) in [4.78, 5) is 41.1. The molecule has 2 fully saturated rings. The number of nitrogens with two attached hydrogens (primary N) is 1. The molecule has 8 nitrogen and oxygen atoms in total. The molecule has 1 heterocycles. The summed E-state index contributed by atoms with van der Waals surface area (Å²) < 4.78 is 4.79. The molecule has 3 amide bonds. The average Bonchev–Trinajstić information content (AvgIpc) is 3.28. The zero-order chi connectivity index (χ0) is 26.0. The first-order valence-electron chi connectivity index (χ1n) is 13.5. The van der Waals surface area contributed by atoms with E-state index in [1.54, 1.807) is 16.7 Å². The molecular weight excluding hydrogens is 464 g/mol. The minimum absolute atomic E-state index is 0.0964. The Balaban J connectivity index is 2.05. The van der Waals surface area contributed by atoms with Crippen molar-refractivity contribution in [3.63, 3.8) is 0 Å². The summed E-state index contributed by atoms with van der Waals surface area (Å²) >= 11 is 1.64. The monoisotopic (exact) mass is 512 g/mol. The Kier molecular flexibility index (Phi) is 12.2. The molecule has 35 heavy (non-hydrogen) atoms. The number of likely N-dealkylation sites (tertiary alicyclic amines) is 1. The number of alkyl carbamates (subject to hydrolysis) is 1. The molecule has 0 aromatic rings. The van der Waals surface area contributed by atoms with Crippen LogP contribution in [0.1, 0.15) is 92.4 Å². The van der Waals surface area contributed by atoms with Gasteiger partial charge in [-0.2, -0.15) is 11.8 Å². The van der Waals surface area contributed by atoms with Crippen LogP contribution in [0, 0.1) is 5.92 Å². The van der Waals surface area contributed by atoms with Crippen LogP contribution in [0.25, 0.3) is 0 Å². The van der Waals surface area contributed by atoms with Crippen molar-refractivity contribution in [1.82, 2.24) is 15.5 Å². The smallest absolute Gasteiger partial charge is 0.407 e. The fourth-order valence-electron chi connectivity index (χ4n) is 5.11. The van der Waals surface area contributed by atoms with Crippen LogP contribution < -0.4 is 16.4 Å². The first kappa shape index (κ1) is 29.7. The number of thioether (sulfide) groups is 1. The molecule has 0 spiro atoms. The topological polar surface area (TPSA) is 114 Å². The average molecular weight is 513 g/mol. The fraction of sp³-hybridized carbons (Fsp3) is 0.885. The van der Waals surface area contributed by atoms with Crippen LogP contribution in [0.15, 0.2) is 0 Å². The first-order valence-corrected chi connectivity index (χ1v) is 14.4. The van der Waals surface area contributed by atoms with Gasteiger partial charge in [-0.25, -0.2) is 4.79 Å². The van der Waals surface area contributed by atoms with Gasteiger partial charge in [0.25, 0.3) is 0 Å². The van der Waals surface area contributed by atoms with Crippen molar-refractivity contribution in [3.8, 4) is 0 Å². The van der Waals surface area contributed by atoms with E-state index in [0.29, 0.717) is 32.0 Å². The maximum absolute atomic E-state index is 13.8. The van der Waals surface area contributed by atoms with Gasteiger partial charge in [0.15, 0.2) is 0 Å². The van der Waals surface area contributed by atoms with Gasteiger partial charge in [0.2, 0.25) is 11.8 Å². The second-order valence-electron chi connectivity index (χ2n) is 10.9. The van der Waals surface area contributed by atoms with Crippen LogP contribution in [0.2, 0.25) is 0 Å². The Morgan fingerprint density at radius 1 is 1.11 bits per heavy atom. The van der Waals surface area contributed by atoms with Crippen molar-refractivity contribution >= 4 is 29.7 Å². The van der Waals surface area contributed by atoms with Crippen molar-refractivity contribution in [2.45, 2.75) is 121 Å². The lowest BCUT2D eigenvalue weighted by Crippen LogP contribution is -2.60. The number of hydrogen-bond donors (Lipinski definition) is 3. The molecule has 9 heteroatoms. The SMILES string of the molecule is CCCCCOC(=O)N[C@@H](C(=O)N1CCC[C@H]1C(=O)NCC1CCC(N)CC1)C(C)(C)SC(C)C. The maximum atomic E-state index is 13.8. The Labute approximate surface area is 216 Å². The third-order valence-electron chi connectivity index (χ3n) is 7.02. The molecule has 2 rings (SSSR count). The van der Waals surface area contributed by atoms with Crippen molar-refractivity contribution < 1.29 is 19.1 Å². The number of nitrogens with one attached hydrogen (secondary N) is 2. The van der Waals surface area contributed by atoms with Gasteiger partial charge in [-0.1, -0.05) is 33.6 Å². The molecule has 0 unspecified atom stereocenters. The molecule has 1 aliphatic carbocycles. The van der Waals surface area contributed by atoms with E-state index < -0.39 is 22.9 Å². The van der Waals surface area contributed by atoms with E-state index in [2.05, 4.69) is 31.4 Å². The summed E-state index contributed by atoms with van der Waals surface area (Å²) in [5.74, 6) is 0.137. The molecule has 2 atom stereocenters. The van der Waals surface area contributed by atoms with E-state index in [-0.39, 0.29) is 23.1 Å². The predicted molar refractivity (Wildman–Crippen MR) is 142 cm³/mol. The summed E-state index contributed by atoms with van der Waals surface area (Å²) in [7, 11) is 0. The molecule has 0 aromatic carbocycles. The number of ether oxygens (including phenoxy) is 1. The molecule has 0 bridgehead atoms. The van der Waals surface area contributed by atoms with Crippen molar-refractivity contribution in [3.05, 3.63) is 0 Å². The molecule has 2 aliphatic rings. The van der Waals surface area contributed by atoms with E-state index in [9.17, 15) is 14.4 Å². The van der Waals surface area contributed by atoms with Gasteiger partial charge in [0.05, 0.1) is 6.61 Å². The Bertz CT molecular complexity index is 695. The fourth-order valence-corrected chi connectivity index (χ4v) is 6.62. The van der Waals surface area contributed by atoms with Crippen molar-refractivity contribution in [2.75, 3.05) is 19.7 Å². The summed E-state index contributed by atoms with van der Waals surface area (Å²) in [6, 6.07) is -1.01. The Hall–Kier alpha value is -1.48. The van der Waals surface area contributed by atoms with Crippen LogP contribution in [0.5, 0.6) is 0 Å². The lowest BCUT2D eigenvalue weighted by Gasteiger charge is -2.38. The van der Waals surface area contributed by atoms with Gasteiger partial charge in [-0.15, -0.1) is 0 Å². The van der Waals surface area contributed by atoms with Gasteiger partial charge < -0.3 is 26.0 Å². The zero-order valence-electron chi connectivity index (χ0n) is 22.4.